The molecule has 4 heteroatoms. The molecule has 1 rings (SSSR count). The van der Waals surface area contributed by atoms with E-state index in [-0.39, 0.29) is 12.2 Å². The Hall–Kier alpha value is -1.42. The molecule has 0 fully saturated rings. The van der Waals surface area contributed by atoms with E-state index in [1.807, 2.05) is 19.0 Å². The largest absolute Gasteiger partial charge is 0.481 e. The molecule has 1 N–H and O–H groups in total. The molecule has 0 amide bonds. The summed E-state index contributed by atoms with van der Waals surface area (Å²) < 4.78 is 13.6. The van der Waals surface area contributed by atoms with Gasteiger partial charge in [-0.1, -0.05) is 12.1 Å². The third-order valence-corrected chi connectivity index (χ3v) is 2.23. The number of aryl methyl sites for hydroxylation is 1. The number of nitrogens with zero attached hydrogens (tertiary/aromatic N) is 1. The summed E-state index contributed by atoms with van der Waals surface area (Å²) in [5.41, 5.74) is 1.35. The monoisotopic (exact) mass is 225 g/mol. The molecule has 88 valence electrons. The molecule has 1 aromatic rings. The number of carboxylic acid groups (broad SMARTS) is 1. The minimum absolute atomic E-state index is 0.0342. The van der Waals surface area contributed by atoms with Crippen molar-refractivity contribution in [3.63, 3.8) is 0 Å². The summed E-state index contributed by atoms with van der Waals surface area (Å²) in [4.78, 5) is 12.3. The average Bonchev–Trinajstić information content (AvgIpc) is 2.18. The molecule has 0 spiro atoms. The minimum Gasteiger partial charge on any atom is -0.481 e. The van der Waals surface area contributed by atoms with Gasteiger partial charge in [0, 0.05) is 18.5 Å². The third kappa shape index (κ3) is 3.98. The maximum atomic E-state index is 13.6. The van der Waals surface area contributed by atoms with Crippen LogP contribution in [0.2, 0.25) is 0 Å². The highest BCUT2D eigenvalue weighted by molar-refractivity contribution is 5.67. The first-order chi connectivity index (χ1) is 7.49. The van der Waals surface area contributed by atoms with Crippen molar-refractivity contribution in [2.24, 2.45) is 0 Å². The predicted octanol–water partition coefficient (Wildman–Crippen LogP) is 1.90. The normalized spacial score (nSPS) is 10.8. The van der Waals surface area contributed by atoms with Crippen molar-refractivity contribution in [2.75, 3.05) is 14.1 Å². The van der Waals surface area contributed by atoms with Crippen LogP contribution in [0, 0.1) is 5.82 Å². The van der Waals surface area contributed by atoms with Gasteiger partial charge >= 0.3 is 5.97 Å². The van der Waals surface area contributed by atoms with E-state index in [4.69, 9.17) is 5.11 Å². The topological polar surface area (TPSA) is 40.5 Å². The van der Waals surface area contributed by atoms with Gasteiger partial charge in [0.15, 0.2) is 0 Å². The standard InChI is InChI=1S/C12H16FNO2/c1-14(2)8-10-5-3-9(7-11(10)13)4-6-12(15)16/h3,5,7H,4,6,8H2,1-2H3,(H,15,16). The van der Waals surface area contributed by atoms with Gasteiger partial charge in [-0.05, 0) is 32.1 Å². The van der Waals surface area contributed by atoms with Crippen molar-refractivity contribution >= 4 is 5.97 Å². The van der Waals surface area contributed by atoms with Crippen molar-refractivity contribution in [3.05, 3.63) is 35.1 Å². The molecule has 0 heterocycles. The van der Waals surface area contributed by atoms with Gasteiger partial charge in [0.25, 0.3) is 0 Å². The van der Waals surface area contributed by atoms with Gasteiger partial charge in [-0.15, -0.1) is 0 Å². The second-order valence-electron chi connectivity index (χ2n) is 4.06. The minimum atomic E-state index is -0.863. The molecule has 0 aromatic heterocycles. The molecule has 0 aliphatic carbocycles. The van der Waals surface area contributed by atoms with Crippen molar-refractivity contribution in [1.29, 1.82) is 0 Å². The maximum absolute atomic E-state index is 13.6. The summed E-state index contributed by atoms with van der Waals surface area (Å²) in [7, 11) is 3.75. The lowest BCUT2D eigenvalue weighted by Crippen LogP contribution is -2.12. The van der Waals surface area contributed by atoms with E-state index in [1.165, 1.54) is 6.07 Å². The fraction of sp³-hybridized carbons (Fsp3) is 0.417. The molecule has 0 bridgehead atoms. The zero-order valence-electron chi connectivity index (χ0n) is 9.53. The number of benzene rings is 1. The van der Waals surface area contributed by atoms with Gasteiger partial charge in [0.2, 0.25) is 0 Å². The molecular formula is C12H16FNO2. The van der Waals surface area contributed by atoms with E-state index in [0.29, 0.717) is 18.5 Å². The van der Waals surface area contributed by atoms with Gasteiger partial charge in [-0.2, -0.15) is 0 Å². The highest BCUT2D eigenvalue weighted by atomic mass is 19.1. The lowest BCUT2D eigenvalue weighted by molar-refractivity contribution is -0.136. The first-order valence-corrected chi connectivity index (χ1v) is 5.13. The number of hydrogen-bond acceptors (Lipinski definition) is 2. The Morgan fingerprint density at radius 2 is 2.12 bits per heavy atom. The summed E-state index contributed by atoms with van der Waals surface area (Å²) in [6.45, 7) is 0.547. The Morgan fingerprint density at radius 3 is 2.62 bits per heavy atom. The molecular weight excluding hydrogens is 209 g/mol. The van der Waals surface area contributed by atoms with Gasteiger partial charge in [0.05, 0.1) is 0 Å². The Labute approximate surface area is 94.5 Å². The van der Waals surface area contributed by atoms with E-state index in [0.717, 1.165) is 5.56 Å². The quantitative estimate of drug-likeness (QED) is 0.832. The Kier molecular flexibility index (Phi) is 4.43. The molecule has 3 nitrogen and oxygen atoms in total. The summed E-state index contributed by atoms with van der Waals surface area (Å²) in [5, 5.41) is 8.52. The van der Waals surface area contributed by atoms with Crippen molar-refractivity contribution in [2.45, 2.75) is 19.4 Å². The number of aliphatic carboxylic acids is 1. The summed E-state index contributed by atoms with van der Waals surface area (Å²) in [5.74, 6) is -1.13. The molecule has 16 heavy (non-hydrogen) atoms. The van der Waals surface area contributed by atoms with Crippen molar-refractivity contribution in [3.8, 4) is 0 Å². The molecule has 0 radical (unpaired) electrons. The number of hydrogen-bond donors (Lipinski definition) is 1. The fourth-order valence-electron chi connectivity index (χ4n) is 1.47. The van der Waals surface area contributed by atoms with Crippen LogP contribution in [-0.2, 0) is 17.8 Å². The molecule has 0 aliphatic rings. The molecule has 0 aliphatic heterocycles. The van der Waals surface area contributed by atoms with Crippen molar-refractivity contribution < 1.29 is 14.3 Å². The zero-order chi connectivity index (χ0) is 12.1. The highest BCUT2D eigenvalue weighted by Crippen LogP contribution is 2.13. The van der Waals surface area contributed by atoms with Crippen LogP contribution in [0.25, 0.3) is 0 Å². The molecule has 0 unspecified atom stereocenters. The van der Waals surface area contributed by atoms with E-state index in [9.17, 15) is 9.18 Å². The van der Waals surface area contributed by atoms with Crippen LogP contribution in [0.5, 0.6) is 0 Å². The number of carboxylic acids is 1. The second kappa shape index (κ2) is 5.61. The highest BCUT2D eigenvalue weighted by Gasteiger charge is 2.06. The Bertz CT molecular complexity index is 377. The number of rotatable bonds is 5. The van der Waals surface area contributed by atoms with Crippen LogP contribution in [0.15, 0.2) is 18.2 Å². The molecule has 1 aromatic carbocycles. The van der Waals surface area contributed by atoms with Gasteiger partial charge in [-0.25, -0.2) is 4.39 Å². The van der Waals surface area contributed by atoms with E-state index in [2.05, 4.69) is 0 Å². The van der Waals surface area contributed by atoms with Gasteiger partial charge < -0.3 is 10.0 Å². The van der Waals surface area contributed by atoms with Crippen LogP contribution in [0.1, 0.15) is 17.5 Å². The smallest absolute Gasteiger partial charge is 0.303 e. The van der Waals surface area contributed by atoms with Crippen LogP contribution < -0.4 is 0 Å². The summed E-state index contributed by atoms with van der Waals surface area (Å²) >= 11 is 0. The van der Waals surface area contributed by atoms with Crippen LogP contribution in [-0.4, -0.2) is 30.1 Å². The zero-order valence-corrected chi connectivity index (χ0v) is 9.53. The molecule has 0 saturated heterocycles. The van der Waals surface area contributed by atoms with Crippen LogP contribution in [0.3, 0.4) is 0 Å². The van der Waals surface area contributed by atoms with Crippen LogP contribution >= 0.6 is 0 Å². The summed E-state index contributed by atoms with van der Waals surface area (Å²) in [6.07, 6.45) is 0.404. The first-order valence-electron chi connectivity index (χ1n) is 5.13. The van der Waals surface area contributed by atoms with E-state index < -0.39 is 5.97 Å². The predicted molar refractivity (Wildman–Crippen MR) is 59.7 cm³/mol. The van der Waals surface area contributed by atoms with Gasteiger partial charge in [0.1, 0.15) is 5.82 Å². The first kappa shape index (κ1) is 12.6. The molecule has 0 saturated carbocycles. The van der Waals surface area contributed by atoms with E-state index >= 15 is 0 Å². The lowest BCUT2D eigenvalue weighted by atomic mass is 10.1. The lowest BCUT2D eigenvalue weighted by Gasteiger charge is -2.11. The van der Waals surface area contributed by atoms with Crippen LogP contribution in [0.4, 0.5) is 4.39 Å². The second-order valence-corrected chi connectivity index (χ2v) is 4.06. The fourth-order valence-corrected chi connectivity index (χ4v) is 1.47. The SMILES string of the molecule is CN(C)Cc1ccc(CCC(=O)O)cc1F. The summed E-state index contributed by atoms with van der Waals surface area (Å²) in [6, 6.07) is 4.92. The Morgan fingerprint density at radius 1 is 1.44 bits per heavy atom. The third-order valence-electron chi connectivity index (χ3n) is 2.23. The van der Waals surface area contributed by atoms with Gasteiger partial charge in [-0.3, -0.25) is 4.79 Å². The van der Waals surface area contributed by atoms with E-state index in [1.54, 1.807) is 12.1 Å². The molecule has 0 atom stereocenters. The van der Waals surface area contributed by atoms with Crippen molar-refractivity contribution in [1.82, 2.24) is 4.90 Å². The maximum Gasteiger partial charge on any atom is 0.303 e. The number of carbonyl (C=O) groups is 1. The Balaban J connectivity index is 2.70. The number of halogens is 1. The average molecular weight is 225 g/mol.